The molecule has 2 N–H and O–H groups in total. The second-order valence-corrected chi connectivity index (χ2v) is 10.1. The van der Waals surface area contributed by atoms with Crippen molar-refractivity contribution >= 4 is 40.5 Å². The minimum absolute atomic E-state index is 0.226. The topological polar surface area (TPSA) is 73.9 Å². The van der Waals surface area contributed by atoms with Crippen LogP contribution < -0.4 is 20.3 Å². The van der Waals surface area contributed by atoms with Crippen LogP contribution in [-0.4, -0.2) is 48.0 Å². The molecular weight excluding hydrogens is 496 g/mol. The molecule has 1 aliphatic heterocycles. The van der Waals surface area contributed by atoms with E-state index >= 15 is 0 Å². The summed E-state index contributed by atoms with van der Waals surface area (Å²) in [6.45, 7) is 7.70. The third-order valence-corrected chi connectivity index (χ3v) is 6.50. The molecule has 0 aromatic heterocycles. The van der Waals surface area contributed by atoms with Crippen LogP contribution in [0.4, 0.5) is 11.4 Å². The number of benzene rings is 3. The first-order chi connectivity index (χ1) is 18.4. The highest BCUT2D eigenvalue weighted by Crippen LogP contribution is 2.20. The zero-order valence-corrected chi connectivity index (χ0v) is 22.7. The third-order valence-electron chi connectivity index (χ3n) is 6.30. The van der Waals surface area contributed by atoms with Gasteiger partial charge in [-0.25, -0.2) is 0 Å². The lowest BCUT2D eigenvalue weighted by molar-refractivity contribution is -0.132. The van der Waals surface area contributed by atoms with Crippen molar-refractivity contribution in [1.29, 1.82) is 0 Å². The first-order valence-corrected chi connectivity index (χ1v) is 13.3. The zero-order valence-electron chi connectivity index (χ0n) is 21.9. The minimum Gasteiger partial charge on any atom is -0.489 e. The number of anilines is 2. The van der Waals surface area contributed by atoms with Gasteiger partial charge in [-0.1, -0.05) is 44.2 Å². The average Bonchev–Trinajstić information content (AvgIpc) is 2.93. The lowest BCUT2D eigenvalue weighted by atomic mass is 10.1. The molecule has 3 aromatic carbocycles. The number of carbonyl (C=O) groups is 2. The number of thiocarbonyl (C=S) groups is 1. The van der Waals surface area contributed by atoms with E-state index in [9.17, 15) is 9.59 Å². The highest BCUT2D eigenvalue weighted by Gasteiger charge is 2.21. The van der Waals surface area contributed by atoms with Gasteiger partial charge in [0.1, 0.15) is 12.4 Å². The van der Waals surface area contributed by atoms with Crippen molar-refractivity contribution in [1.82, 2.24) is 10.2 Å². The summed E-state index contributed by atoms with van der Waals surface area (Å²) >= 11 is 5.34. The van der Waals surface area contributed by atoms with E-state index in [0.29, 0.717) is 30.3 Å². The van der Waals surface area contributed by atoms with E-state index in [2.05, 4.69) is 29.4 Å². The van der Waals surface area contributed by atoms with Gasteiger partial charge < -0.3 is 19.9 Å². The SMILES string of the molecule is CC(C)CC(=O)N1CCN(c2ccc(NC(=S)NC(=O)c3ccc(OCc4ccccc4)cc3)cc2)CC1. The highest BCUT2D eigenvalue weighted by atomic mass is 32.1. The number of piperazine rings is 1. The number of nitrogens with zero attached hydrogens (tertiary/aromatic N) is 2. The molecule has 0 radical (unpaired) electrons. The van der Waals surface area contributed by atoms with Gasteiger partial charge in [-0.05, 0) is 72.2 Å². The van der Waals surface area contributed by atoms with E-state index in [1.54, 1.807) is 24.3 Å². The van der Waals surface area contributed by atoms with Gasteiger partial charge in [-0.2, -0.15) is 0 Å². The molecule has 4 rings (SSSR count). The summed E-state index contributed by atoms with van der Waals surface area (Å²) < 4.78 is 5.78. The Bertz CT molecular complexity index is 1220. The second kappa shape index (κ2) is 13.1. The average molecular weight is 531 g/mol. The summed E-state index contributed by atoms with van der Waals surface area (Å²) in [6.07, 6.45) is 0.602. The molecule has 38 heavy (non-hydrogen) atoms. The Labute approximate surface area is 229 Å². The van der Waals surface area contributed by atoms with E-state index in [0.717, 1.165) is 43.1 Å². The van der Waals surface area contributed by atoms with Crippen LogP contribution in [0.1, 0.15) is 36.2 Å². The lowest BCUT2D eigenvalue weighted by Gasteiger charge is -2.36. The molecule has 0 unspecified atom stereocenters. The largest absolute Gasteiger partial charge is 0.489 e. The molecule has 1 heterocycles. The summed E-state index contributed by atoms with van der Waals surface area (Å²) in [7, 11) is 0. The van der Waals surface area contributed by atoms with Crippen LogP contribution >= 0.6 is 12.2 Å². The number of rotatable bonds is 8. The van der Waals surface area contributed by atoms with E-state index in [-0.39, 0.29) is 16.9 Å². The monoisotopic (exact) mass is 530 g/mol. The molecule has 0 saturated carbocycles. The Morgan fingerprint density at radius 1 is 0.895 bits per heavy atom. The van der Waals surface area contributed by atoms with Crippen LogP contribution in [0, 0.1) is 5.92 Å². The van der Waals surface area contributed by atoms with Gasteiger partial charge in [0, 0.05) is 49.5 Å². The quantitative estimate of drug-likeness (QED) is 0.396. The van der Waals surface area contributed by atoms with Crippen molar-refractivity contribution in [2.75, 3.05) is 36.4 Å². The fourth-order valence-electron chi connectivity index (χ4n) is 4.23. The van der Waals surface area contributed by atoms with Crippen LogP contribution in [0.15, 0.2) is 78.9 Å². The predicted octanol–water partition coefficient (Wildman–Crippen LogP) is 5.09. The van der Waals surface area contributed by atoms with Gasteiger partial charge in [-0.15, -0.1) is 0 Å². The number of amides is 2. The fraction of sp³-hybridized carbons (Fsp3) is 0.300. The Morgan fingerprint density at radius 3 is 2.18 bits per heavy atom. The van der Waals surface area contributed by atoms with Crippen molar-refractivity contribution in [2.24, 2.45) is 5.92 Å². The zero-order chi connectivity index (χ0) is 26.9. The first kappa shape index (κ1) is 27.1. The molecule has 1 fully saturated rings. The summed E-state index contributed by atoms with van der Waals surface area (Å²) in [5.41, 5.74) is 3.45. The Morgan fingerprint density at radius 2 is 1.55 bits per heavy atom. The fourth-order valence-corrected chi connectivity index (χ4v) is 4.44. The van der Waals surface area contributed by atoms with Crippen LogP contribution in [0.5, 0.6) is 5.75 Å². The normalized spacial score (nSPS) is 13.2. The minimum atomic E-state index is -0.293. The third kappa shape index (κ3) is 7.79. The molecule has 1 saturated heterocycles. The van der Waals surface area contributed by atoms with Crippen molar-refractivity contribution < 1.29 is 14.3 Å². The maximum Gasteiger partial charge on any atom is 0.257 e. The molecule has 0 spiro atoms. The van der Waals surface area contributed by atoms with E-state index in [4.69, 9.17) is 17.0 Å². The summed E-state index contributed by atoms with van der Waals surface area (Å²) in [5.74, 6) is 1.01. The first-order valence-electron chi connectivity index (χ1n) is 12.9. The van der Waals surface area contributed by atoms with Gasteiger partial charge in [0.2, 0.25) is 5.91 Å². The standard InChI is InChI=1S/C30H34N4O3S/c1-22(2)20-28(35)34-18-16-33(17-19-34)26-12-10-25(11-13-26)31-30(38)32-29(36)24-8-14-27(15-9-24)37-21-23-6-4-3-5-7-23/h3-15,22H,16-21H2,1-2H3,(H2,31,32,36,38). The highest BCUT2D eigenvalue weighted by molar-refractivity contribution is 7.80. The summed E-state index contributed by atoms with van der Waals surface area (Å²) in [6, 6.07) is 24.8. The Hall–Kier alpha value is -3.91. The number of nitrogens with one attached hydrogen (secondary N) is 2. The number of carbonyl (C=O) groups excluding carboxylic acids is 2. The number of ether oxygens (including phenoxy) is 1. The molecule has 1 aliphatic rings. The number of hydrogen-bond donors (Lipinski definition) is 2. The molecule has 0 atom stereocenters. The Kier molecular flexibility index (Phi) is 9.32. The number of hydrogen-bond acceptors (Lipinski definition) is 5. The van der Waals surface area contributed by atoms with E-state index in [1.807, 2.05) is 59.5 Å². The van der Waals surface area contributed by atoms with E-state index in [1.165, 1.54) is 0 Å². The molecule has 2 amide bonds. The second-order valence-electron chi connectivity index (χ2n) is 9.72. The van der Waals surface area contributed by atoms with Crippen LogP contribution in [-0.2, 0) is 11.4 Å². The molecule has 0 aliphatic carbocycles. The molecule has 3 aromatic rings. The Balaban J connectivity index is 1.22. The summed E-state index contributed by atoms with van der Waals surface area (Å²) in [5, 5.41) is 6.01. The van der Waals surface area contributed by atoms with E-state index < -0.39 is 0 Å². The van der Waals surface area contributed by atoms with Gasteiger partial charge >= 0.3 is 0 Å². The molecule has 198 valence electrons. The smallest absolute Gasteiger partial charge is 0.257 e. The van der Waals surface area contributed by atoms with Crippen molar-refractivity contribution in [2.45, 2.75) is 26.9 Å². The van der Waals surface area contributed by atoms with Crippen LogP contribution in [0.25, 0.3) is 0 Å². The predicted molar refractivity (Wildman–Crippen MR) is 156 cm³/mol. The van der Waals surface area contributed by atoms with Gasteiger partial charge in [0.15, 0.2) is 5.11 Å². The van der Waals surface area contributed by atoms with Crippen LogP contribution in [0.3, 0.4) is 0 Å². The maximum absolute atomic E-state index is 12.6. The van der Waals surface area contributed by atoms with Crippen LogP contribution in [0.2, 0.25) is 0 Å². The van der Waals surface area contributed by atoms with Gasteiger partial charge in [-0.3, -0.25) is 14.9 Å². The molecule has 8 heteroatoms. The van der Waals surface area contributed by atoms with Gasteiger partial charge in [0.05, 0.1) is 0 Å². The molecular formula is C30H34N4O3S. The van der Waals surface area contributed by atoms with Crippen molar-refractivity contribution in [3.05, 3.63) is 90.0 Å². The molecule has 7 nitrogen and oxygen atoms in total. The van der Waals surface area contributed by atoms with Crippen molar-refractivity contribution in [3.63, 3.8) is 0 Å². The summed E-state index contributed by atoms with van der Waals surface area (Å²) in [4.78, 5) is 29.2. The molecule has 0 bridgehead atoms. The maximum atomic E-state index is 12.6. The lowest BCUT2D eigenvalue weighted by Crippen LogP contribution is -2.49. The van der Waals surface area contributed by atoms with Crippen molar-refractivity contribution in [3.8, 4) is 5.75 Å². The van der Waals surface area contributed by atoms with Gasteiger partial charge in [0.25, 0.3) is 5.91 Å².